The number of hydrogen-bond donors (Lipinski definition) is 2. The van der Waals surface area contributed by atoms with Crippen molar-refractivity contribution in [1.29, 1.82) is 0 Å². The van der Waals surface area contributed by atoms with Crippen LogP contribution in [0.5, 0.6) is 5.75 Å². The van der Waals surface area contributed by atoms with Crippen LogP contribution in [0.4, 0.5) is 5.69 Å². The standard InChI is InChI=1S/C21H26N2O3/c1-15-5-11-18(12-6-15)26-14-20(25)22-13-19(24)23-17-9-7-16(8-10-17)21(2,3)4/h5-12H,13-14H2,1-4H3,(H,22,25)(H,23,24). The molecule has 138 valence electrons. The Balaban J connectivity index is 1.74. The molecule has 2 N–H and O–H groups in total. The molecular formula is C21H26N2O3. The molecule has 26 heavy (non-hydrogen) atoms. The molecule has 0 spiro atoms. The quantitative estimate of drug-likeness (QED) is 0.835. The lowest BCUT2D eigenvalue weighted by atomic mass is 9.87. The van der Waals surface area contributed by atoms with E-state index in [9.17, 15) is 9.59 Å². The average Bonchev–Trinajstić information content (AvgIpc) is 2.59. The molecule has 2 aromatic carbocycles. The molecule has 0 radical (unpaired) electrons. The van der Waals surface area contributed by atoms with Crippen LogP contribution in [-0.2, 0) is 15.0 Å². The second-order valence-electron chi connectivity index (χ2n) is 7.25. The number of anilines is 1. The predicted octanol–water partition coefficient (Wildman–Crippen LogP) is 3.43. The van der Waals surface area contributed by atoms with E-state index in [4.69, 9.17) is 4.74 Å². The van der Waals surface area contributed by atoms with Crippen molar-refractivity contribution in [3.05, 3.63) is 59.7 Å². The van der Waals surface area contributed by atoms with Crippen LogP contribution < -0.4 is 15.4 Å². The molecule has 0 atom stereocenters. The van der Waals surface area contributed by atoms with Crippen molar-refractivity contribution in [1.82, 2.24) is 5.32 Å². The summed E-state index contributed by atoms with van der Waals surface area (Å²) in [4.78, 5) is 23.7. The minimum absolute atomic E-state index is 0.0635. The van der Waals surface area contributed by atoms with Gasteiger partial charge in [0, 0.05) is 5.69 Å². The summed E-state index contributed by atoms with van der Waals surface area (Å²) in [5, 5.41) is 5.31. The summed E-state index contributed by atoms with van der Waals surface area (Å²) in [6.45, 7) is 8.15. The van der Waals surface area contributed by atoms with Gasteiger partial charge >= 0.3 is 0 Å². The average molecular weight is 354 g/mol. The molecule has 0 heterocycles. The summed E-state index contributed by atoms with van der Waals surface area (Å²) in [5.74, 6) is -0.00450. The maximum atomic E-state index is 11.9. The molecule has 0 saturated heterocycles. The Hall–Kier alpha value is -2.82. The molecule has 2 aromatic rings. The first-order chi connectivity index (χ1) is 12.2. The van der Waals surface area contributed by atoms with Gasteiger partial charge in [0.2, 0.25) is 5.91 Å². The second kappa shape index (κ2) is 8.52. The molecule has 0 aliphatic carbocycles. The van der Waals surface area contributed by atoms with Gasteiger partial charge in [-0.15, -0.1) is 0 Å². The van der Waals surface area contributed by atoms with Crippen LogP contribution in [0.1, 0.15) is 31.9 Å². The van der Waals surface area contributed by atoms with Gasteiger partial charge in [0.1, 0.15) is 5.75 Å². The van der Waals surface area contributed by atoms with Crippen molar-refractivity contribution in [2.75, 3.05) is 18.5 Å². The first-order valence-electron chi connectivity index (χ1n) is 8.60. The third-order valence-electron chi connectivity index (χ3n) is 3.87. The molecule has 0 bridgehead atoms. The molecule has 0 aliphatic rings. The maximum absolute atomic E-state index is 11.9. The van der Waals surface area contributed by atoms with E-state index in [1.165, 1.54) is 5.56 Å². The Morgan fingerprint density at radius 2 is 1.54 bits per heavy atom. The van der Waals surface area contributed by atoms with Gasteiger partial charge in [-0.25, -0.2) is 0 Å². The Bertz CT molecular complexity index is 744. The number of carbonyl (C=O) groups excluding carboxylic acids is 2. The third kappa shape index (κ3) is 6.24. The van der Waals surface area contributed by atoms with Gasteiger partial charge in [-0.05, 0) is 42.2 Å². The predicted molar refractivity (Wildman–Crippen MR) is 103 cm³/mol. The molecule has 2 rings (SSSR count). The van der Waals surface area contributed by atoms with E-state index in [1.54, 1.807) is 12.1 Å². The number of carbonyl (C=O) groups is 2. The monoisotopic (exact) mass is 354 g/mol. The van der Waals surface area contributed by atoms with Gasteiger partial charge < -0.3 is 15.4 Å². The minimum Gasteiger partial charge on any atom is -0.484 e. The zero-order chi connectivity index (χ0) is 19.2. The van der Waals surface area contributed by atoms with Crippen LogP contribution in [0.15, 0.2) is 48.5 Å². The molecule has 5 heteroatoms. The van der Waals surface area contributed by atoms with E-state index in [2.05, 4.69) is 31.4 Å². The number of ether oxygens (including phenoxy) is 1. The fraction of sp³-hybridized carbons (Fsp3) is 0.333. The Morgan fingerprint density at radius 3 is 2.12 bits per heavy atom. The molecule has 5 nitrogen and oxygen atoms in total. The summed E-state index contributed by atoms with van der Waals surface area (Å²) in [7, 11) is 0. The molecule has 2 amide bonds. The van der Waals surface area contributed by atoms with E-state index < -0.39 is 0 Å². The highest BCUT2D eigenvalue weighted by atomic mass is 16.5. The smallest absolute Gasteiger partial charge is 0.258 e. The normalized spacial score (nSPS) is 10.9. The van der Waals surface area contributed by atoms with Crippen LogP contribution in [0.3, 0.4) is 0 Å². The first-order valence-corrected chi connectivity index (χ1v) is 8.60. The number of benzene rings is 2. The summed E-state index contributed by atoms with van der Waals surface area (Å²) in [6, 6.07) is 15.1. The summed E-state index contributed by atoms with van der Waals surface area (Å²) < 4.78 is 5.37. The van der Waals surface area contributed by atoms with Gasteiger partial charge in [-0.2, -0.15) is 0 Å². The largest absolute Gasteiger partial charge is 0.484 e. The number of rotatable bonds is 6. The molecule has 0 aromatic heterocycles. The lowest BCUT2D eigenvalue weighted by Crippen LogP contribution is -2.35. The topological polar surface area (TPSA) is 67.4 Å². The number of hydrogen-bond acceptors (Lipinski definition) is 3. The van der Waals surface area contributed by atoms with Crippen LogP contribution in [0.25, 0.3) is 0 Å². The van der Waals surface area contributed by atoms with E-state index in [0.717, 1.165) is 5.56 Å². The van der Waals surface area contributed by atoms with Crippen molar-refractivity contribution >= 4 is 17.5 Å². The van der Waals surface area contributed by atoms with Gasteiger partial charge in [-0.3, -0.25) is 9.59 Å². The summed E-state index contributed by atoms with van der Waals surface area (Å²) in [5.41, 5.74) is 3.08. The lowest BCUT2D eigenvalue weighted by Gasteiger charge is -2.19. The number of aryl methyl sites for hydroxylation is 1. The SMILES string of the molecule is Cc1ccc(OCC(=O)NCC(=O)Nc2ccc(C(C)(C)C)cc2)cc1. The maximum Gasteiger partial charge on any atom is 0.258 e. The van der Waals surface area contributed by atoms with E-state index in [-0.39, 0.29) is 30.4 Å². The van der Waals surface area contributed by atoms with Gasteiger partial charge in [0.05, 0.1) is 6.54 Å². The zero-order valence-corrected chi connectivity index (χ0v) is 15.8. The van der Waals surface area contributed by atoms with Crippen LogP contribution in [-0.4, -0.2) is 25.0 Å². The highest BCUT2D eigenvalue weighted by Crippen LogP contribution is 2.23. The zero-order valence-electron chi connectivity index (χ0n) is 15.8. The van der Waals surface area contributed by atoms with E-state index in [0.29, 0.717) is 11.4 Å². The summed E-state index contributed by atoms with van der Waals surface area (Å²) >= 11 is 0. The molecule has 0 aliphatic heterocycles. The third-order valence-corrected chi connectivity index (χ3v) is 3.87. The molecular weight excluding hydrogens is 328 g/mol. The molecule has 0 unspecified atom stereocenters. The summed E-state index contributed by atoms with van der Waals surface area (Å²) in [6.07, 6.45) is 0. The van der Waals surface area contributed by atoms with Crippen molar-refractivity contribution in [3.8, 4) is 5.75 Å². The van der Waals surface area contributed by atoms with E-state index in [1.807, 2.05) is 43.3 Å². The van der Waals surface area contributed by atoms with Crippen molar-refractivity contribution in [3.63, 3.8) is 0 Å². The highest BCUT2D eigenvalue weighted by Gasteiger charge is 2.13. The van der Waals surface area contributed by atoms with Crippen molar-refractivity contribution in [2.24, 2.45) is 0 Å². The second-order valence-corrected chi connectivity index (χ2v) is 7.25. The lowest BCUT2D eigenvalue weighted by molar-refractivity contribution is -0.125. The fourth-order valence-electron chi connectivity index (χ4n) is 2.27. The first kappa shape index (κ1) is 19.5. The van der Waals surface area contributed by atoms with Gasteiger partial charge in [-0.1, -0.05) is 50.6 Å². The highest BCUT2D eigenvalue weighted by molar-refractivity contribution is 5.94. The Labute approximate surface area is 154 Å². The van der Waals surface area contributed by atoms with Crippen LogP contribution in [0, 0.1) is 6.92 Å². The van der Waals surface area contributed by atoms with Gasteiger partial charge in [0.25, 0.3) is 5.91 Å². The van der Waals surface area contributed by atoms with Crippen molar-refractivity contribution < 1.29 is 14.3 Å². The Kier molecular flexibility index (Phi) is 6.39. The molecule has 0 saturated carbocycles. The minimum atomic E-state index is -0.344. The van der Waals surface area contributed by atoms with Gasteiger partial charge in [0.15, 0.2) is 6.61 Å². The fourth-order valence-corrected chi connectivity index (χ4v) is 2.27. The molecule has 0 fully saturated rings. The Morgan fingerprint density at radius 1 is 0.923 bits per heavy atom. The van der Waals surface area contributed by atoms with Crippen molar-refractivity contribution in [2.45, 2.75) is 33.1 Å². The van der Waals surface area contributed by atoms with Crippen LogP contribution in [0.2, 0.25) is 0 Å². The van der Waals surface area contributed by atoms with E-state index >= 15 is 0 Å². The number of nitrogens with one attached hydrogen (secondary N) is 2. The number of amides is 2. The van der Waals surface area contributed by atoms with Crippen LogP contribution >= 0.6 is 0 Å².